The van der Waals surface area contributed by atoms with Crippen molar-refractivity contribution in [1.82, 2.24) is 30.8 Å². The van der Waals surface area contributed by atoms with Crippen molar-refractivity contribution in [2.75, 3.05) is 20.1 Å². The third kappa shape index (κ3) is 6.16. The van der Waals surface area contributed by atoms with Crippen LogP contribution in [0.4, 0.5) is 0 Å². The molecule has 3 fully saturated rings. The lowest BCUT2D eigenvalue weighted by atomic mass is 9.84. The summed E-state index contributed by atoms with van der Waals surface area (Å²) in [6, 6.07) is 3.45. The number of nitrogens with zero attached hydrogens (tertiary/aromatic N) is 4. The minimum absolute atomic E-state index is 0.0280. The summed E-state index contributed by atoms with van der Waals surface area (Å²) in [4.78, 5) is 33.2. The van der Waals surface area contributed by atoms with Gasteiger partial charge in [0.15, 0.2) is 0 Å². The number of aliphatic hydroxyl groups excluding tert-OH is 1. The highest BCUT2D eigenvalue weighted by molar-refractivity contribution is 5.90. The molecule has 1 saturated carbocycles. The quantitative estimate of drug-likeness (QED) is 0.520. The van der Waals surface area contributed by atoms with E-state index in [-0.39, 0.29) is 30.8 Å². The second-order valence-corrected chi connectivity index (χ2v) is 12.3. The van der Waals surface area contributed by atoms with Crippen LogP contribution in [0.1, 0.15) is 88.7 Å². The molecule has 2 saturated heterocycles. The summed E-state index contributed by atoms with van der Waals surface area (Å²) in [6.45, 7) is 11.1. The first kappa shape index (κ1) is 28.0. The van der Waals surface area contributed by atoms with Gasteiger partial charge in [-0.3, -0.25) is 14.6 Å². The van der Waals surface area contributed by atoms with E-state index in [1.54, 1.807) is 11.9 Å². The Kier molecular flexibility index (Phi) is 8.58. The topological polar surface area (TPSA) is 101 Å². The van der Waals surface area contributed by atoms with Crippen molar-refractivity contribution in [1.29, 1.82) is 0 Å². The van der Waals surface area contributed by atoms with Crippen LogP contribution in [0.5, 0.6) is 0 Å². The molecular weight excluding hydrogens is 468 g/mol. The maximum atomic E-state index is 14.3. The Morgan fingerprint density at radius 3 is 2.27 bits per heavy atom. The highest BCUT2D eigenvalue weighted by Crippen LogP contribution is 2.37. The van der Waals surface area contributed by atoms with Crippen LogP contribution in [0.2, 0.25) is 0 Å². The number of rotatable bonds is 5. The first-order valence-electron chi connectivity index (χ1n) is 14.0. The zero-order valence-corrected chi connectivity index (χ0v) is 23.5. The maximum Gasteiger partial charge on any atom is 0.242 e. The van der Waals surface area contributed by atoms with Gasteiger partial charge in [-0.15, -0.1) is 0 Å². The van der Waals surface area contributed by atoms with Gasteiger partial charge >= 0.3 is 0 Å². The lowest BCUT2D eigenvalue weighted by Gasteiger charge is -2.44. The Morgan fingerprint density at radius 1 is 1.08 bits per heavy atom. The number of β-amino-alcohol motifs (C(OH)–C–C–N with tert-alkyl or cyclic N) is 1. The van der Waals surface area contributed by atoms with Crippen LogP contribution in [0.25, 0.3) is 0 Å². The van der Waals surface area contributed by atoms with Crippen molar-refractivity contribution in [2.45, 2.75) is 110 Å². The molecule has 0 spiro atoms. The van der Waals surface area contributed by atoms with Gasteiger partial charge in [0.2, 0.25) is 11.8 Å². The number of likely N-dealkylation sites (tertiary alicyclic amines) is 1. The molecule has 4 atom stereocenters. The van der Waals surface area contributed by atoms with Gasteiger partial charge in [0, 0.05) is 44.0 Å². The average molecular weight is 515 g/mol. The van der Waals surface area contributed by atoms with E-state index in [4.69, 9.17) is 0 Å². The van der Waals surface area contributed by atoms with Gasteiger partial charge in [0.05, 0.1) is 12.1 Å². The van der Waals surface area contributed by atoms with Crippen LogP contribution in [-0.4, -0.2) is 81.3 Å². The maximum absolute atomic E-state index is 14.3. The van der Waals surface area contributed by atoms with Gasteiger partial charge in [0.25, 0.3) is 0 Å². The Balaban J connectivity index is 1.71. The molecule has 2 amide bonds. The summed E-state index contributed by atoms with van der Waals surface area (Å²) < 4.78 is 0. The molecule has 1 aromatic heterocycles. The number of pyridine rings is 1. The number of aryl methyl sites for hydroxylation is 2. The normalized spacial score (nSPS) is 27.3. The Morgan fingerprint density at radius 2 is 1.70 bits per heavy atom. The van der Waals surface area contributed by atoms with E-state index in [1.165, 1.54) is 31.2 Å². The third-order valence-electron chi connectivity index (χ3n) is 8.07. The van der Waals surface area contributed by atoms with E-state index < -0.39 is 23.6 Å². The lowest BCUT2D eigenvalue weighted by Crippen LogP contribution is -2.62. The number of nitrogens with one attached hydrogen (secondary N) is 2. The summed E-state index contributed by atoms with van der Waals surface area (Å²) in [7, 11) is 1.58. The molecule has 9 nitrogen and oxygen atoms in total. The summed E-state index contributed by atoms with van der Waals surface area (Å²) >= 11 is 0. The van der Waals surface area contributed by atoms with Crippen LogP contribution >= 0.6 is 0 Å². The molecule has 0 radical (unpaired) electrons. The van der Waals surface area contributed by atoms with Crippen molar-refractivity contribution in [3.63, 3.8) is 0 Å². The fourth-order valence-electron chi connectivity index (χ4n) is 6.42. The number of likely N-dealkylation sites (N-methyl/N-ethyl adjacent to an activating group) is 1. The van der Waals surface area contributed by atoms with E-state index in [0.717, 1.165) is 24.2 Å². The molecule has 2 aliphatic heterocycles. The Hall–Kier alpha value is -2.07. The smallest absolute Gasteiger partial charge is 0.242 e. The molecule has 0 bridgehead atoms. The largest absolute Gasteiger partial charge is 0.391 e. The Labute approximate surface area is 221 Å². The van der Waals surface area contributed by atoms with E-state index in [0.29, 0.717) is 12.6 Å². The number of hydrazine groups is 2. The fourth-order valence-corrected chi connectivity index (χ4v) is 6.42. The van der Waals surface area contributed by atoms with Crippen molar-refractivity contribution in [3.05, 3.63) is 29.1 Å². The first-order chi connectivity index (χ1) is 17.5. The van der Waals surface area contributed by atoms with Crippen LogP contribution in [0, 0.1) is 19.3 Å². The van der Waals surface area contributed by atoms with Crippen LogP contribution in [-0.2, 0) is 9.59 Å². The standard InChI is InChI=1S/C28H46N6O3/c1-18-13-20(14-19(2)30-18)23-17-33(34(31-23)21-11-9-7-8-10-12-21)25(28(3,4)5)27(37)32-16-22(35)15-24(32)26(36)29-6/h13-14,21-25,31,35H,7-12,15-17H2,1-6H3,(H,29,36)/t22-,23?,24+,25-/m1/s1. The van der Waals surface area contributed by atoms with Gasteiger partial charge in [-0.25, -0.2) is 10.4 Å². The molecular formula is C28H46N6O3. The first-order valence-corrected chi connectivity index (χ1v) is 14.0. The molecule has 1 aliphatic carbocycles. The SMILES string of the molecule is CNC(=O)[C@@H]1C[C@@H](O)CN1C(=O)[C@@H](N1CC(c2cc(C)nc(C)c2)NN1C1CCCCCC1)C(C)(C)C. The number of hydrogen-bond acceptors (Lipinski definition) is 7. The molecule has 9 heteroatoms. The average Bonchev–Trinajstić information content (AvgIpc) is 3.31. The number of aromatic nitrogens is 1. The monoisotopic (exact) mass is 514 g/mol. The number of aliphatic hydroxyl groups is 1. The van der Waals surface area contributed by atoms with Gasteiger partial charge in [-0.2, -0.15) is 5.12 Å². The van der Waals surface area contributed by atoms with Gasteiger partial charge in [-0.05, 0) is 49.8 Å². The van der Waals surface area contributed by atoms with Gasteiger partial charge in [-0.1, -0.05) is 46.5 Å². The zero-order valence-electron chi connectivity index (χ0n) is 23.5. The Bertz CT molecular complexity index is 951. The molecule has 1 unspecified atom stereocenters. The summed E-state index contributed by atoms with van der Waals surface area (Å²) in [6.07, 6.45) is 6.59. The number of carbonyl (C=O) groups excluding carboxylic acids is 2. The van der Waals surface area contributed by atoms with Crippen LogP contribution in [0.3, 0.4) is 0 Å². The number of amides is 2. The van der Waals surface area contributed by atoms with E-state index >= 15 is 0 Å². The number of carbonyl (C=O) groups is 2. The third-order valence-corrected chi connectivity index (χ3v) is 8.07. The van der Waals surface area contributed by atoms with Crippen LogP contribution in [0.15, 0.2) is 12.1 Å². The van der Waals surface area contributed by atoms with Crippen molar-refractivity contribution in [3.8, 4) is 0 Å². The summed E-state index contributed by atoms with van der Waals surface area (Å²) in [5.41, 5.74) is 6.54. The van der Waals surface area contributed by atoms with Gasteiger partial charge < -0.3 is 15.3 Å². The summed E-state index contributed by atoms with van der Waals surface area (Å²) in [5, 5.41) is 17.6. The van der Waals surface area contributed by atoms with Gasteiger partial charge in [0.1, 0.15) is 12.1 Å². The molecule has 4 rings (SSSR count). The molecule has 206 valence electrons. The highest BCUT2D eigenvalue weighted by Gasteiger charge is 2.50. The van der Waals surface area contributed by atoms with E-state index in [2.05, 4.69) is 58.8 Å². The number of hydrogen-bond donors (Lipinski definition) is 3. The zero-order chi connectivity index (χ0) is 26.9. The molecule has 0 aromatic carbocycles. The fraction of sp³-hybridized carbons (Fsp3) is 0.750. The predicted octanol–water partition coefficient (Wildman–Crippen LogP) is 2.62. The lowest BCUT2D eigenvalue weighted by molar-refractivity contribution is -0.162. The second-order valence-electron chi connectivity index (χ2n) is 12.3. The second kappa shape index (κ2) is 11.4. The van der Waals surface area contributed by atoms with E-state index in [1.807, 2.05) is 13.8 Å². The molecule has 37 heavy (non-hydrogen) atoms. The summed E-state index contributed by atoms with van der Waals surface area (Å²) in [5.74, 6) is -0.320. The van der Waals surface area contributed by atoms with Crippen molar-refractivity contribution < 1.29 is 14.7 Å². The van der Waals surface area contributed by atoms with E-state index in [9.17, 15) is 14.7 Å². The molecule has 3 heterocycles. The molecule has 3 aliphatic rings. The van der Waals surface area contributed by atoms with Crippen molar-refractivity contribution >= 4 is 11.8 Å². The predicted molar refractivity (Wildman–Crippen MR) is 143 cm³/mol. The minimum Gasteiger partial charge on any atom is -0.391 e. The highest BCUT2D eigenvalue weighted by atomic mass is 16.3. The minimum atomic E-state index is -0.697. The van der Waals surface area contributed by atoms with Crippen molar-refractivity contribution in [2.24, 2.45) is 5.41 Å². The molecule has 3 N–H and O–H groups in total. The molecule has 1 aromatic rings. The van der Waals surface area contributed by atoms with Crippen LogP contribution < -0.4 is 10.7 Å².